The van der Waals surface area contributed by atoms with Gasteiger partial charge in [0, 0.05) is 33.2 Å². The van der Waals surface area contributed by atoms with Crippen LogP contribution in [0, 0.1) is 11.3 Å². The first kappa shape index (κ1) is 32.3. The lowest BCUT2D eigenvalue weighted by atomic mass is 9.92. The van der Waals surface area contributed by atoms with Crippen LogP contribution < -0.4 is 0 Å². The molecule has 0 saturated carbocycles. The maximum atomic E-state index is 9.53. The Hall–Kier alpha value is -7.62. The molecule has 6 nitrogen and oxygen atoms in total. The number of hydrogen-bond acceptors (Lipinski definition) is 6. The van der Waals surface area contributed by atoms with E-state index in [0.717, 1.165) is 66.7 Å². The van der Waals surface area contributed by atoms with Gasteiger partial charge in [-0.3, -0.25) is 0 Å². The quantitative estimate of drug-likeness (QED) is 0.165. The van der Waals surface area contributed by atoms with Crippen LogP contribution in [0.1, 0.15) is 5.56 Å². The molecular weight excluding hydrogens is 661 g/mol. The third-order valence-electron chi connectivity index (χ3n) is 9.39. The van der Waals surface area contributed by atoms with Crippen molar-refractivity contribution in [3.8, 4) is 85.1 Å². The van der Waals surface area contributed by atoms with E-state index in [1.54, 1.807) is 0 Å². The summed E-state index contributed by atoms with van der Waals surface area (Å²) >= 11 is 0. The molecule has 2 heterocycles. The minimum atomic E-state index is 0.550. The van der Waals surface area contributed by atoms with Crippen LogP contribution in [0.5, 0.6) is 0 Å². The van der Waals surface area contributed by atoms with Crippen molar-refractivity contribution in [1.29, 1.82) is 5.26 Å². The van der Waals surface area contributed by atoms with Crippen LogP contribution in [0.2, 0.25) is 0 Å². The molecule has 0 bridgehead atoms. The van der Waals surface area contributed by atoms with E-state index in [-0.39, 0.29) is 0 Å². The summed E-state index contributed by atoms with van der Waals surface area (Å²) in [6, 6.07) is 62.8. The van der Waals surface area contributed by atoms with Crippen LogP contribution in [0.3, 0.4) is 0 Å². The first-order valence-electron chi connectivity index (χ1n) is 17.7. The summed E-state index contributed by atoms with van der Waals surface area (Å²) in [6.07, 6.45) is 0. The van der Waals surface area contributed by atoms with E-state index < -0.39 is 0 Å². The molecular formula is C48H30N6. The van der Waals surface area contributed by atoms with Crippen molar-refractivity contribution in [1.82, 2.24) is 24.9 Å². The van der Waals surface area contributed by atoms with E-state index in [2.05, 4.69) is 48.5 Å². The van der Waals surface area contributed by atoms with Crippen LogP contribution in [0.25, 0.3) is 90.0 Å². The summed E-state index contributed by atoms with van der Waals surface area (Å²) in [5.41, 5.74) is 10.7. The topological polar surface area (TPSA) is 88.2 Å². The summed E-state index contributed by atoms with van der Waals surface area (Å²) < 4.78 is 0. The fourth-order valence-electron chi connectivity index (χ4n) is 6.78. The Balaban J connectivity index is 1.23. The van der Waals surface area contributed by atoms with Gasteiger partial charge < -0.3 is 0 Å². The van der Waals surface area contributed by atoms with Gasteiger partial charge in [-0.1, -0.05) is 158 Å². The molecule has 0 saturated heterocycles. The van der Waals surface area contributed by atoms with E-state index in [1.165, 1.54) is 0 Å². The average molecular weight is 691 g/mol. The van der Waals surface area contributed by atoms with Crippen molar-refractivity contribution in [2.24, 2.45) is 0 Å². The third kappa shape index (κ3) is 6.27. The molecule has 54 heavy (non-hydrogen) atoms. The standard InChI is InChI=1S/C48H30N6/c49-31-32-15-13-20-35(29-32)36-21-14-22-37(30-36)47-52-46(34-18-5-2-6-19-34)53-48(54-47)41-26-10-8-24-39(41)38-23-7-9-25-40(38)44-42-27-11-12-28-43(42)50-45(51-44)33-16-3-1-4-17-33/h1-30H. The Morgan fingerprint density at radius 3 is 1.52 bits per heavy atom. The minimum Gasteiger partial charge on any atom is -0.228 e. The molecule has 0 unspecified atom stereocenters. The molecule has 0 atom stereocenters. The Kier molecular flexibility index (Phi) is 8.48. The second-order valence-electron chi connectivity index (χ2n) is 12.8. The normalized spacial score (nSPS) is 10.9. The van der Waals surface area contributed by atoms with Gasteiger partial charge in [0.05, 0.1) is 22.8 Å². The van der Waals surface area contributed by atoms with Gasteiger partial charge in [-0.05, 0) is 46.5 Å². The maximum Gasteiger partial charge on any atom is 0.164 e. The Morgan fingerprint density at radius 1 is 0.333 bits per heavy atom. The van der Waals surface area contributed by atoms with Crippen LogP contribution in [-0.4, -0.2) is 24.9 Å². The molecule has 0 fully saturated rings. The Morgan fingerprint density at radius 2 is 0.815 bits per heavy atom. The zero-order valence-corrected chi connectivity index (χ0v) is 29.0. The SMILES string of the molecule is N#Cc1cccc(-c2cccc(-c3nc(-c4ccccc4)nc(-c4ccccc4-c4ccccc4-c4nc(-c5ccccc5)nc5ccccc45)n3)c2)c1. The Bertz CT molecular complexity index is 2840. The molecule has 0 aliphatic rings. The second-order valence-corrected chi connectivity index (χ2v) is 12.8. The van der Waals surface area contributed by atoms with Crippen molar-refractivity contribution >= 4 is 10.9 Å². The van der Waals surface area contributed by atoms with Gasteiger partial charge in [0.25, 0.3) is 0 Å². The number of nitrogens with zero attached hydrogens (tertiary/aromatic N) is 6. The van der Waals surface area contributed by atoms with Crippen molar-refractivity contribution < 1.29 is 0 Å². The highest BCUT2D eigenvalue weighted by atomic mass is 15.0. The van der Waals surface area contributed by atoms with Crippen LogP contribution in [0.15, 0.2) is 182 Å². The summed E-state index contributed by atoms with van der Waals surface area (Å²) in [6.45, 7) is 0. The third-order valence-corrected chi connectivity index (χ3v) is 9.39. The number of hydrogen-bond donors (Lipinski definition) is 0. The number of benzene rings is 7. The summed E-state index contributed by atoms with van der Waals surface area (Å²) in [7, 11) is 0. The first-order chi connectivity index (χ1) is 26.7. The predicted octanol–water partition coefficient (Wildman–Crippen LogP) is 11.4. The van der Waals surface area contributed by atoms with Crippen molar-refractivity contribution in [2.75, 3.05) is 0 Å². The number of rotatable bonds is 7. The zero-order valence-electron chi connectivity index (χ0n) is 29.0. The van der Waals surface area contributed by atoms with Crippen molar-refractivity contribution in [3.05, 3.63) is 188 Å². The van der Waals surface area contributed by atoms with Gasteiger partial charge in [-0.15, -0.1) is 0 Å². The smallest absolute Gasteiger partial charge is 0.164 e. The molecule has 0 amide bonds. The van der Waals surface area contributed by atoms with Gasteiger partial charge in [0.15, 0.2) is 23.3 Å². The minimum absolute atomic E-state index is 0.550. The molecule has 2 aromatic heterocycles. The van der Waals surface area contributed by atoms with Crippen LogP contribution >= 0.6 is 0 Å². The Labute approximate surface area is 312 Å². The van der Waals surface area contributed by atoms with E-state index in [9.17, 15) is 5.26 Å². The largest absolute Gasteiger partial charge is 0.228 e. The molecule has 0 aliphatic carbocycles. The number of fused-ring (bicyclic) bond motifs is 1. The highest BCUT2D eigenvalue weighted by Crippen LogP contribution is 2.40. The predicted molar refractivity (Wildman–Crippen MR) is 216 cm³/mol. The molecule has 6 heteroatoms. The zero-order chi connectivity index (χ0) is 36.3. The maximum absolute atomic E-state index is 9.53. The molecule has 0 radical (unpaired) electrons. The van der Waals surface area contributed by atoms with E-state index >= 15 is 0 Å². The van der Waals surface area contributed by atoms with Gasteiger partial charge in [0.2, 0.25) is 0 Å². The van der Waals surface area contributed by atoms with Crippen molar-refractivity contribution in [3.63, 3.8) is 0 Å². The average Bonchev–Trinajstić information content (AvgIpc) is 3.26. The highest BCUT2D eigenvalue weighted by molar-refractivity contribution is 5.99. The lowest BCUT2D eigenvalue weighted by Gasteiger charge is -2.16. The number of nitriles is 1. The number of para-hydroxylation sites is 1. The monoisotopic (exact) mass is 690 g/mol. The van der Waals surface area contributed by atoms with Gasteiger partial charge >= 0.3 is 0 Å². The summed E-state index contributed by atoms with van der Waals surface area (Å²) in [4.78, 5) is 25.5. The van der Waals surface area contributed by atoms with E-state index in [0.29, 0.717) is 28.9 Å². The van der Waals surface area contributed by atoms with Crippen molar-refractivity contribution in [2.45, 2.75) is 0 Å². The van der Waals surface area contributed by atoms with E-state index in [4.69, 9.17) is 24.9 Å². The molecule has 0 N–H and O–H groups in total. The van der Waals surface area contributed by atoms with E-state index in [1.807, 2.05) is 140 Å². The lowest BCUT2D eigenvalue weighted by Crippen LogP contribution is -2.01. The van der Waals surface area contributed by atoms with Gasteiger partial charge in [-0.2, -0.15) is 5.26 Å². The molecule has 0 aliphatic heterocycles. The first-order valence-corrected chi connectivity index (χ1v) is 17.7. The van der Waals surface area contributed by atoms with Gasteiger partial charge in [-0.25, -0.2) is 24.9 Å². The van der Waals surface area contributed by atoms with Gasteiger partial charge in [0.1, 0.15) is 0 Å². The molecule has 252 valence electrons. The lowest BCUT2D eigenvalue weighted by molar-refractivity contribution is 1.07. The molecule has 7 aromatic carbocycles. The van der Waals surface area contributed by atoms with Crippen LogP contribution in [-0.2, 0) is 0 Å². The summed E-state index contributed by atoms with van der Waals surface area (Å²) in [5, 5.41) is 10.5. The second kappa shape index (κ2) is 14.2. The summed E-state index contributed by atoms with van der Waals surface area (Å²) in [5.74, 6) is 2.35. The fourth-order valence-corrected chi connectivity index (χ4v) is 6.78. The fraction of sp³-hybridized carbons (Fsp3) is 0. The highest BCUT2D eigenvalue weighted by Gasteiger charge is 2.20. The molecule has 9 rings (SSSR count). The number of aromatic nitrogens is 5. The molecule has 0 spiro atoms. The van der Waals surface area contributed by atoms with Crippen LogP contribution in [0.4, 0.5) is 0 Å². The molecule has 9 aromatic rings.